The van der Waals surface area contributed by atoms with Crippen LogP contribution in [0, 0.1) is 25.5 Å². The lowest BCUT2D eigenvalue weighted by Crippen LogP contribution is -2.41. The van der Waals surface area contributed by atoms with Crippen LogP contribution in [0.3, 0.4) is 0 Å². The van der Waals surface area contributed by atoms with E-state index in [9.17, 15) is 13.6 Å². The number of guanidine groups is 1. The predicted molar refractivity (Wildman–Crippen MR) is 94.2 cm³/mol. The first-order valence-corrected chi connectivity index (χ1v) is 7.43. The third kappa shape index (κ3) is 2.88. The van der Waals surface area contributed by atoms with Crippen LogP contribution in [-0.4, -0.2) is 23.8 Å². The number of carbonyl (C=O) groups is 1. The fourth-order valence-electron chi connectivity index (χ4n) is 3.13. The van der Waals surface area contributed by atoms with E-state index in [1.807, 2.05) is 19.9 Å². The fourth-order valence-corrected chi connectivity index (χ4v) is 3.13. The molecule has 3 rings (SSSR count). The summed E-state index contributed by atoms with van der Waals surface area (Å²) in [5.74, 6) is -1.99. The maximum Gasteiger partial charge on any atom is 0.266 e. The molecule has 2 N–H and O–H groups in total. The summed E-state index contributed by atoms with van der Waals surface area (Å²) in [6.07, 6.45) is 0. The summed E-state index contributed by atoms with van der Waals surface area (Å²) >= 11 is 0. The molecule has 132 valence electrons. The Morgan fingerprint density at radius 3 is 1.88 bits per heavy atom. The smallest absolute Gasteiger partial charge is 0.266 e. The van der Waals surface area contributed by atoms with Crippen molar-refractivity contribution in [2.45, 2.75) is 26.8 Å². The van der Waals surface area contributed by atoms with Gasteiger partial charge < -0.3 is 5.73 Å². The first-order valence-electron chi connectivity index (χ1n) is 7.43. The summed E-state index contributed by atoms with van der Waals surface area (Å²) in [4.78, 5) is 18.5. The van der Waals surface area contributed by atoms with Gasteiger partial charge in [0.15, 0.2) is 11.5 Å². The largest absolute Gasteiger partial charge is 0.369 e. The summed E-state index contributed by atoms with van der Waals surface area (Å²) in [5, 5.41) is 0. The number of nitrogens with two attached hydrogens (primary N) is 1. The van der Waals surface area contributed by atoms with Crippen molar-refractivity contribution in [1.29, 1.82) is 0 Å². The number of rotatable bonds is 2. The summed E-state index contributed by atoms with van der Waals surface area (Å²) in [6.45, 7) is 3.76. The SMILES string of the molecule is C.Cc1cc(C)cc(C2(c3cc(F)cc(F)c3)N=C(N)N(C)C2=O)c1. The van der Waals surface area contributed by atoms with E-state index in [-0.39, 0.29) is 18.9 Å². The Labute approximate surface area is 146 Å². The number of aliphatic imine (C=N–C) groups is 1. The molecule has 6 heteroatoms. The van der Waals surface area contributed by atoms with Crippen molar-refractivity contribution >= 4 is 11.9 Å². The minimum atomic E-state index is -1.58. The predicted octanol–water partition coefficient (Wildman–Crippen LogP) is 3.25. The van der Waals surface area contributed by atoms with Gasteiger partial charge in [-0.25, -0.2) is 13.8 Å². The van der Waals surface area contributed by atoms with Crippen molar-refractivity contribution in [3.05, 3.63) is 70.3 Å². The molecule has 25 heavy (non-hydrogen) atoms. The lowest BCUT2D eigenvalue weighted by atomic mass is 9.81. The highest BCUT2D eigenvalue weighted by molar-refractivity contribution is 6.08. The number of carbonyl (C=O) groups excluding carboxylic acids is 1. The first-order chi connectivity index (χ1) is 11.2. The quantitative estimate of drug-likeness (QED) is 0.908. The van der Waals surface area contributed by atoms with Crippen LogP contribution in [0.2, 0.25) is 0 Å². The Morgan fingerprint density at radius 2 is 1.44 bits per heavy atom. The Kier molecular flexibility index (Phi) is 4.66. The average Bonchev–Trinajstić information content (AvgIpc) is 2.70. The van der Waals surface area contributed by atoms with Gasteiger partial charge in [-0.1, -0.05) is 36.8 Å². The zero-order valence-electron chi connectivity index (χ0n) is 13.6. The van der Waals surface area contributed by atoms with Gasteiger partial charge >= 0.3 is 0 Å². The van der Waals surface area contributed by atoms with E-state index in [4.69, 9.17) is 5.73 Å². The van der Waals surface area contributed by atoms with Gasteiger partial charge in [-0.3, -0.25) is 9.69 Å². The number of benzene rings is 2. The lowest BCUT2D eigenvalue weighted by Gasteiger charge is -2.27. The van der Waals surface area contributed by atoms with Crippen LogP contribution in [0.25, 0.3) is 0 Å². The minimum absolute atomic E-state index is 0. The van der Waals surface area contributed by atoms with Crippen molar-refractivity contribution in [1.82, 2.24) is 4.90 Å². The van der Waals surface area contributed by atoms with Gasteiger partial charge in [0.2, 0.25) is 0 Å². The van der Waals surface area contributed by atoms with Crippen molar-refractivity contribution in [2.24, 2.45) is 10.7 Å². The second kappa shape index (κ2) is 6.27. The molecule has 0 spiro atoms. The molecular formula is C19H21F2N3O. The summed E-state index contributed by atoms with van der Waals surface area (Å²) in [6, 6.07) is 8.50. The maximum absolute atomic E-state index is 13.8. The molecule has 2 aromatic carbocycles. The molecule has 1 unspecified atom stereocenters. The number of hydrogen-bond donors (Lipinski definition) is 1. The van der Waals surface area contributed by atoms with Crippen molar-refractivity contribution in [3.8, 4) is 0 Å². The van der Waals surface area contributed by atoms with Gasteiger partial charge in [0.25, 0.3) is 5.91 Å². The third-order valence-corrected chi connectivity index (χ3v) is 4.16. The highest BCUT2D eigenvalue weighted by Gasteiger charge is 2.50. The molecule has 1 amide bonds. The normalized spacial score (nSPS) is 19.6. The van der Waals surface area contributed by atoms with Gasteiger partial charge in [-0.2, -0.15) is 0 Å². The third-order valence-electron chi connectivity index (χ3n) is 4.16. The van der Waals surface area contributed by atoms with E-state index in [0.717, 1.165) is 29.3 Å². The molecule has 1 heterocycles. The van der Waals surface area contributed by atoms with E-state index in [1.165, 1.54) is 11.9 Å². The number of likely N-dealkylation sites (N-methyl/N-ethyl adjacent to an activating group) is 1. The Balaban J connectivity index is 0.00000225. The molecule has 1 aliphatic rings. The number of hydrogen-bond acceptors (Lipinski definition) is 3. The molecule has 1 aliphatic heterocycles. The van der Waals surface area contributed by atoms with Gasteiger partial charge in [0, 0.05) is 13.1 Å². The molecule has 0 saturated carbocycles. The van der Waals surface area contributed by atoms with Gasteiger partial charge in [0.1, 0.15) is 11.6 Å². The van der Waals surface area contributed by atoms with E-state index >= 15 is 0 Å². The monoisotopic (exact) mass is 345 g/mol. The van der Waals surface area contributed by atoms with Gasteiger partial charge in [-0.05, 0) is 37.1 Å². The van der Waals surface area contributed by atoms with Crippen LogP contribution < -0.4 is 5.73 Å². The second-order valence-corrected chi connectivity index (χ2v) is 6.08. The highest BCUT2D eigenvalue weighted by Crippen LogP contribution is 2.40. The zero-order valence-corrected chi connectivity index (χ0v) is 13.6. The Morgan fingerprint density at radius 1 is 0.960 bits per heavy atom. The molecule has 0 radical (unpaired) electrons. The standard InChI is InChI=1S/C18H17F2N3O.CH4/c1-10-4-11(2)6-12(5-10)18(16(24)23(3)17(21)22-18)13-7-14(19)9-15(20)8-13;/h4-9H,1-3H3,(H2,21,22);1H4. The van der Waals surface area contributed by atoms with Gasteiger partial charge in [-0.15, -0.1) is 0 Å². The molecule has 0 aromatic heterocycles. The molecule has 0 saturated heterocycles. The highest BCUT2D eigenvalue weighted by atomic mass is 19.1. The van der Waals surface area contributed by atoms with Crippen LogP contribution in [0.4, 0.5) is 8.78 Å². The molecule has 0 bridgehead atoms. The Hall–Kier alpha value is -2.76. The maximum atomic E-state index is 13.8. The van der Waals surface area contributed by atoms with Crippen LogP contribution in [0.15, 0.2) is 41.4 Å². The molecule has 2 aromatic rings. The summed E-state index contributed by atoms with van der Waals surface area (Å²) < 4.78 is 27.6. The van der Waals surface area contributed by atoms with Crippen LogP contribution in [0.1, 0.15) is 29.7 Å². The van der Waals surface area contributed by atoms with E-state index < -0.39 is 23.1 Å². The van der Waals surface area contributed by atoms with E-state index in [0.29, 0.717) is 5.56 Å². The van der Waals surface area contributed by atoms with Crippen molar-refractivity contribution in [3.63, 3.8) is 0 Å². The van der Waals surface area contributed by atoms with Gasteiger partial charge in [0.05, 0.1) is 0 Å². The molecule has 0 aliphatic carbocycles. The van der Waals surface area contributed by atoms with Crippen LogP contribution in [-0.2, 0) is 10.3 Å². The molecular weight excluding hydrogens is 324 g/mol. The fraction of sp³-hybridized carbons (Fsp3) is 0.263. The minimum Gasteiger partial charge on any atom is -0.369 e. The van der Waals surface area contributed by atoms with E-state index in [2.05, 4.69) is 4.99 Å². The number of aryl methyl sites for hydroxylation is 2. The Bertz CT molecular complexity index is 785. The van der Waals surface area contributed by atoms with E-state index in [1.54, 1.807) is 12.1 Å². The summed E-state index contributed by atoms with van der Waals surface area (Å²) in [7, 11) is 1.49. The molecule has 0 fully saturated rings. The average molecular weight is 345 g/mol. The van der Waals surface area contributed by atoms with Crippen LogP contribution in [0.5, 0.6) is 0 Å². The zero-order chi connectivity index (χ0) is 17.6. The molecule has 4 nitrogen and oxygen atoms in total. The van der Waals surface area contributed by atoms with Crippen LogP contribution >= 0.6 is 0 Å². The van der Waals surface area contributed by atoms with Crippen molar-refractivity contribution in [2.75, 3.05) is 7.05 Å². The second-order valence-electron chi connectivity index (χ2n) is 6.08. The summed E-state index contributed by atoms with van der Waals surface area (Å²) in [5.41, 5.74) is 6.73. The number of halogens is 2. The topological polar surface area (TPSA) is 58.7 Å². The first kappa shape index (κ1) is 18.6. The lowest BCUT2D eigenvalue weighted by molar-refractivity contribution is -0.129. The molecule has 1 atom stereocenters. The number of amides is 1. The number of nitrogens with zero attached hydrogens (tertiary/aromatic N) is 2. The van der Waals surface area contributed by atoms with Crippen molar-refractivity contribution < 1.29 is 13.6 Å².